The zero-order chi connectivity index (χ0) is 10.8. The lowest BCUT2D eigenvalue weighted by Gasteiger charge is -2.09. The van der Waals surface area contributed by atoms with Gasteiger partial charge in [-0.2, -0.15) is 0 Å². The van der Waals surface area contributed by atoms with Gasteiger partial charge in [-0.05, 0) is 12.8 Å². The maximum Gasteiger partial charge on any atom is 0.132 e. The van der Waals surface area contributed by atoms with E-state index in [9.17, 15) is 4.79 Å². The van der Waals surface area contributed by atoms with Crippen molar-refractivity contribution < 1.29 is 15.0 Å². The fourth-order valence-electron chi connectivity index (χ4n) is 1.35. The topological polar surface area (TPSA) is 57.5 Å². The van der Waals surface area contributed by atoms with E-state index in [-0.39, 0.29) is 19.1 Å². The van der Waals surface area contributed by atoms with E-state index in [4.69, 9.17) is 10.2 Å². The number of hydrogen-bond donors (Lipinski definition) is 2. The van der Waals surface area contributed by atoms with Crippen molar-refractivity contribution in [2.45, 2.75) is 45.4 Å². The molecule has 0 atom stereocenters. The highest BCUT2D eigenvalue weighted by Gasteiger charge is 2.05. The van der Waals surface area contributed by atoms with Crippen molar-refractivity contribution in [1.29, 1.82) is 0 Å². The molecule has 0 saturated heterocycles. The summed E-state index contributed by atoms with van der Waals surface area (Å²) < 4.78 is 0. The van der Waals surface area contributed by atoms with E-state index in [2.05, 4.69) is 0 Å². The maximum atomic E-state index is 10.9. The summed E-state index contributed by atoms with van der Waals surface area (Å²) in [5.41, 5.74) is 0. The summed E-state index contributed by atoms with van der Waals surface area (Å²) in [4.78, 5) is 10.9. The second kappa shape index (κ2) is 9.16. The smallest absolute Gasteiger partial charge is 0.132 e. The Morgan fingerprint density at radius 1 is 1.14 bits per heavy atom. The highest BCUT2D eigenvalue weighted by atomic mass is 16.3. The van der Waals surface area contributed by atoms with Gasteiger partial charge >= 0.3 is 0 Å². The third-order valence-electron chi connectivity index (χ3n) is 2.48. The monoisotopic (exact) mass is 202 g/mol. The lowest BCUT2D eigenvalue weighted by Crippen LogP contribution is -2.10. The summed E-state index contributed by atoms with van der Waals surface area (Å²) in [5.74, 6) is 0.350. The van der Waals surface area contributed by atoms with Gasteiger partial charge in [0.05, 0.1) is 0 Å². The predicted octanol–water partition coefficient (Wildman–Crippen LogP) is 1.52. The van der Waals surface area contributed by atoms with Gasteiger partial charge in [-0.3, -0.25) is 4.79 Å². The molecule has 3 heteroatoms. The number of carbonyl (C=O) groups is 1. The first kappa shape index (κ1) is 13.6. The van der Waals surface area contributed by atoms with E-state index in [1.807, 2.05) is 6.92 Å². The highest BCUT2D eigenvalue weighted by molar-refractivity contribution is 5.77. The molecule has 0 saturated carbocycles. The zero-order valence-electron chi connectivity index (χ0n) is 9.04. The molecule has 0 aromatic carbocycles. The second-order valence-corrected chi connectivity index (χ2v) is 3.72. The number of unbranched alkanes of at least 4 members (excludes halogenated alkanes) is 2. The van der Waals surface area contributed by atoms with Crippen LogP contribution >= 0.6 is 0 Å². The quantitative estimate of drug-likeness (QED) is 0.557. The molecule has 0 amide bonds. The van der Waals surface area contributed by atoms with Crippen molar-refractivity contribution >= 4 is 5.78 Å². The van der Waals surface area contributed by atoms with Gasteiger partial charge in [0.15, 0.2) is 0 Å². The molecular formula is C11H22O3. The number of carbonyl (C=O) groups excluding carboxylic acids is 1. The van der Waals surface area contributed by atoms with Gasteiger partial charge in [0.2, 0.25) is 0 Å². The van der Waals surface area contributed by atoms with Crippen LogP contribution in [0.25, 0.3) is 0 Å². The van der Waals surface area contributed by atoms with Crippen LogP contribution in [0.4, 0.5) is 0 Å². The molecule has 0 aliphatic rings. The Labute approximate surface area is 86.1 Å². The molecule has 14 heavy (non-hydrogen) atoms. The van der Waals surface area contributed by atoms with Crippen molar-refractivity contribution in [2.24, 2.45) is 5.92 Å². The van der Waals surface area contributed by atoms with E-state index >= 15 is 0 Å². The van der Waals surface area contributed by atoms with Crippen molar-refractivity contribution in [2.75, 3.05) is 13.2 Å². The molecule has 0 aromatic heterocycles. The Morgan fingerprint density at radius 2 is 1.79 bits per heavy atom. The molecule has 2 N–H and O–H groups in total. The molecule has 0 fully saturated rings. The van der Waals surface area contributed by atoms with Crippen LogP contribution < -0.4 is 0 Å². The van der Waals surface area contributed by atoms with Crippen LogP contribution in [0.3, 0.4) is 0 Å². The van der Waals surface area contributed by atoms with Crippen LogP contribution in [0.2, 0.25) is 0 Å². The second-order valence-electron chi connectivity index (χ2n) is 3.72. The van der Waals surface area contributed by atoms with Gasteiger partial charge in [0, 0.05) is 32.0 Å². The number of aliphatic hydroxyl groups is 2. The molecule has 84 valence electrons. The molecule has 0 rings (SSSR count). The average Bonchev–Trinajstić information content (AvgIpc) is 2.23. The average molecular weight is 202 g/mol. The molecule has 3 nitrogen and oxygen atoms in total. The van der Waals surface area contributed by atoms with Gasteiger partial charge < -0.3 is 10.2 Å². The number of Topliss-reactive ketones (excluding diaryl/α,β-unsaturated/α-hetero) is 1. The predicted molar refractivity (Wildman–Crippen MR) is 56.0 cm³/mol. The Hall–Kier alpha value is -0.410. The summed E-state index contributed by atoms with van der Waals surface area (Å²) in [6.45, 7) is 2.00. The lowest BCUT2D eigenvalue weighted by atomic mass is 10.0. The Bertz CT molecular complexity index is 141. The molecular weight excluding hydrogens is 180 g/mol. The van der Waals surface area contributed by atoms with Crippen molar-refractivity contribution in [1.82, 2.24) is 0 Å². The van der Waals surface area contributed by atoms with Gasteiger partial charge in [0.1, 0.15) is 5.78 Å². The Balaban J connectivity index is 3.24. The third kappa shape index (κ3) is 7.04. The van der Waals surface area contributed by atoms with Crippen LogP contribution in [-0.4, -0.2) is 29.2 Å². The standard InChI is InChI=1S/C11H22O3/c1-2-11(14)7-5-3-4-6-10(8-12)9-13/h10,12-13H,2-9H2,1H3. The summed E-state index contributed by atoms with van der Waals surface area (Å²) in [6.07, 6.45) is 5.11. The largest absolute Gasteiger partial charge is 0.396 e. The van der Waals surface area contributed by atoms with Crippen LogP contribution in [-0.2, 0) is 4.79 Å². The fourth-order valence-corrected chi connectivity index (χ4v) is 1.35. The SMILES string of the molecule is CCC(=O)CCCCCC(CO)CO. The number of rotatable bonds is 9. The zero-order valence-corrected chi connectivity index (χ0v) is 9.04. The first-order valence-corrected chi connectivity index (χ1v) is 5.48. The van der Waals surface area contributed by atoms with E-state index in [0.717, 1.165) is 25.7 Å². The van der Waals surface area contributed by atoms with Crippen LogP contribution in [0.5, 0.6) is 0 Å². The van der Waals surface area contributed by atoms with Crippen molar-refractivity contribution in [3.05, 3.63) is 0 Å². The minimum atomic E-state index is 0.0249. The van der Waals surface area contributed by atoms with Gasteiger partial charge in [0.25, 0.3) is 0 Å². The summed E-state index contributed by atoms with van der Waals surface area (Å²) in [5, 5.41) is 17.6. The number of aliphatic hydroxyl groups excluding tert-OH is 2. The highest BCUT2D eigenvalue weighted by Crippen LogP contribution is 2.10. The maximum absolute atomic E-state index is 10.9. The number of ketones is 1. The van der Waals surface area contributed by atoms with E-state index in [0.29, 0.717) is 18.6 Å². The molecule has 0 unspecified atom stereocenters. The van der Waals surface area contributed by atoms with Crippen LogP contribution in [0.15, 0.2) is 0 Å². The van der Waals surface area contributed by atoms with Gasteiger partial charge in [-0.1, -0.05) is 19.8 Å². The third-order valence-corrected chi connectivity index (χ3v) is 2.48. The molecule has 0 aromatic rings. The fraction of sp³-hybridized carbons (Fsp3) is 0.909. The van der Waals surface area contributed by atoms with E-state index in [1.54, 1.807) is 0 Å². The van der Waals surface area contributed by atoms with Crippen LogP contribution in [0, 0.1) is 5.92 Å². The van der Waals surface area contributed by atoms with Gasteiger partial charge in [-0.15, -0.1) is 0 Å². The van der Waals surface area contributed by atoms with E-state index < -0.39 is 0 Å². The molecule has 0 heterocycles. The molecule has 0 aliphatic carbocycles. The normalized spacial score (nSPS) is 10.9. The van der Waals surface area contributed by atoms with Crippen molar-refractivity contribution in [3.63, 3.8) is 0 Å². The summed E-state index contributed by atoms with van der Waals surface area (Å²) >= 11 is 0. The van der Waals surface area contributed by atoms with E-state index in [1.165, 1.54) is 0 Å². The first-order valence-electron chi connectivity index (χ1n) is 5.48. The molecule has 0 bridgehead atoms. The number of hydrogen-bond acceptors (Lipinski definition) is 3. The van der Waals surface area contributed by atoms with Crippen molar-refractivity contribution in [3.8, 4) is 0 Å². The minimum absolute atomic E-state index is 0.0249. The minimum Gasteiger partial charge on any atom is -0.396 e. The Kier molecular flexibility index (Phi) is 8.89. The van der Waals surface area contributed by atoms with Gasteiger partial charge in [-0.25, -0.2) is 0 Å². The molecule has 0 spiro atoms. The lowest BCUT2D eigenvalue weighted by molar-refractivity contribution is -0.118. The summed E-state index contributed by atoms with van der Waals surface area (Å²) in [6, 6.07) is 0. The first-order chi connectivity index (χ1) is 6.74. The summed E-state index contributed by atoms with van der Waals surface area (Å²) in [7, 11) is 0. The van der Waals surface area contributed by atoms with Crippen LogP contribution in [0.1, 0.15) is 45.4 Å². The molecule has 0 radical (unpaired) electrons. The molecule has 0 aliphatic heterocycles. The Morgan fingerprint density at radius 3 is 2.29 bits per heavy atom.